The Labute approximate surface area is 324 Å². The minimum atomic E-state index is -3.11. The summed E-state index contributed by atoms with van der Waals surface area (Å²) in [7, 11) is -4.54. The number of para-hydroxylation sites is 2. The van der Waals surface area contributed by atoms with Gasteiger partial charge in [0.05, 0.1) is 31.0 Å². The zero-order valence-corrected chi connectivity index (χ0v) is 32.4. The molecule has 2 aromatic heterocycles. The molecule has 53 heavy (non-hydrogen) atoms. The van der Waals surface area contributed by atoms with Crippen LogP contribution in [-0.2, 0) is 20.0 Å². The summed E-state index contributed by atoms with van der Waals surface area (Å²) in [4.78, 5) is 9.29. The Hall–Kier alpha value is -3.28. The van der Waals surface area contributed by atoms with Crippen molar-refractivity contribution in [2.75, 3.05) is 43.3 Å². The second-order valence-corrected chi connectivity index (χ2v) is 18.6. The van der Waals surface area contributed by atoms with Gasteiger partial charge in [-0.1, -0.05) is 39.1 Å². The van der Waals surface area contributed by atoms with Gasteiger partial charge in [0, 0.05) is 47.1 Å². The second-order valence-electron chi connectivity index (χ2n) is 13.3. The highest BCUT2D eigenvalue weighted by Gasteiger charge is 2.24. The lowest BCUT2D eigenvalue weighted by molar-refractivity contribution is 0.337. The van der Waals surface area contributed by atoms with E-state index in [0.717, 1.165) is 89.9 Å². The summed E-state index contributed by atoms with van der Waals surface area (Å²) in [6.07, 6.45) is 10.5. The molecular formula is C37H56N6O6S4. The van der Waals surface area contributed by atoms with Gasteiger partial charge in [-0.25, -0.2) is 36.2 Å². The number of rotatable bonds is 13. The van der Waals surface area contributed by atoms with Crippen LogP contribution in [0.1, 0.15) is 66.2 Å². The number of nitrogens with one attached hydrogen (secondary N) is 4. The molecule has 12 nitrogen and oxygen atoms in total. The Kier molecular flexibility index (Phi) is 17.0. The lowest BCUT2D eigenvalue weighted by atomic mass is 9.86. The molecule has 0 atom stereocenters. The monoisotopic (exact) mass is 808 g/mol. The van der Waals surface area contributed by atoms with E-state index >= 15 is 0 Å². The van der Waals surface area contributed by atoms with Crippen LogP contribution in [-0.4, -0.2) is 76.7 Å². The first kappa shape index (κ1) is 44.1. The Morgan fingerprint density at radius 3 is 1.53 bits per heavy atom. The Morgan fingerprint density at radius 2 is 1.09 bits per heavy atom. The minimum Gasteiger partial charge on any atom is -0.507 e. The third-order valence-electron chi connectivity index (χ3n) is 9.19. The van der Waals surface area contributed by atoms with Crippen LogP contribution in [0.2, 0.25) is 0 Å². The van der Waals surface area contributed by atoms with Gasteiger partial charge in [-0.2, -0.15) is 0 Å². The standard InChI is InChI=1S/C18H25N3O3S2.C17H23N3O3S2.2CH4/c1-24-17-6-4-3-5-15(17)16-12-25-18(21-16)20-14-9-7-13(8-10-14)11-19-26(2,22)23;1-25(22,23)18-10-12-6-8-13(9-7-12)19-17-20-15(11-24-17)14-4-2-3-5-16(14)21;;/h3-6,12-14,19H,7-11H2,1-2H3,(H,20,21);2-5,11-13,18,21H,6-10H2,1H3,(H,19,20);2*1H4. The van der Waals surface area contributed by atoms with Gasteiger partial charge in [-0.3, -0.25) is 0 Å². The topological polar surface area (TPSA) is 172 Å². The van der Waals surface area contributed by atoms with E-state index in [2.05, 4.69) is 25.1 Å². The number of hydrogen-bond donors (Lipinski definition) is 5. The first-order valence-electron chi connectivity index (χ1n) is 17.1. The van der Waals surface area contributed by atoms with E-state index in [0.29, 0.717) is 37.0 Å². The first-order chi connectivity index (χ1) is 24.3. The predicted octanol–water partition coefficient (Wildman–Crippen LogP) is 7.65. The van der Waals surface area contributed by atoms with Crippen molar-refractivity contribution in [3.8, 4) is 34.0 Å². The average molecular weight is 809 g/mol. The lowest BCUT2D eigenvalue weighted by Gasteiger charge is -2.28. The number of hydrogen-bond acceptors (Lipinski definition) is 12. The summed E-state index contributed by atoms with van der Waals surface area (Å²) < 4.78 is 55.4. The molecule has 2 saturated carbocycles. The van der Waals surface area contributed by atoms with Gasteiger partial charge >= 0.3 is 0 Å². The molecule has 294 valence electrons. The maximum Gasteiger partial charge on any atom is 0.208 e. The van der Waals surface area contributed by atoms with Gasteiger partial charge in [-0.15, -0.1) is 22.7 Å². The number of thiazole rings is 2. The number of benzene rings is 2. The van der Waals surface area contributed by atoms with Gasteiger partial charge < -0.3 is 20.5 Å². The number of sulfonamides is 2. The van der Waals surface area contributed by atoms with Crippen LogP contribution in [0.3, 0.4) is 0 Å². The molecule has 6 rings (SSSR count). The number of phenolic OH excluding ortho intramolecular Hbond substituents is 1. The minimum absolute atomic E-state index is 0. The average Bonchev–Trinajstić information content (AvgIpc) is 3.77. The highest BCUT2D eigenvalue weighted by atomic mass is 32.2. The third-order valence-corrected chi connectivity index (χ3v) is 12.1. The SMILES string of the molecule is C.C.COc1ccccc1-c1csc(NC2CCC(CNS(C)(=O)=O)CC2)n1.CS(=O)(=O)NCC1CCC(Nc2nc(-c3ccccc3O)cs2)CC1. The molecule has 0 spiro atoms. The molecular weight excluding hydrogens is 753 g/mol. The van der Waals surface area contributed by atoms with Crippen LogP contribution in [0.15, 0.2) is 59.3 Å². The first-order valence-corrected chi connectivity index (χ1v) is 22.6. The molecule has 2 aliphatic carbocycles. The molecule has 0 saturated heterocycles. The zero-order chi connectivity index (χ0) is 36.4. The number of anilines is 2. The van der Waals surface area contributed by atoms with Crippen molar-refractivity contribution in [3.63, 3.8) is 0 Å². The largest absolute Gasteiger partial charge is 0.507 e. The van der Waals surface area contributed by atoms with Crippen molar-refractivity contribution >= 4 is 53.0 Å². The van der Waals surface area contributed by atoms with Crippen LogP contribution in [0.4, 0.5) is 10.3 Å². The molecule has 0 unspecified atom stereocenters. The molecule has 2 aromatic carbocycles. The van der Waals surface area contributed by atoms with Crippen molar-refractivity contribution in [2.45, 2.75) is 78.3 Å². The van der Waals surface area contributed by atoms with Crippen LogP contribution in [0, 0.1) is 11.8 Å². The van der Waals surface area contributed by atoms with E-state index < -0.39 is 20.0 Å². The van der Waals surface area contributed by atoms with Crippen LogP contribution in [0.25, 0.3) is 22.5 Å². The van der Waals surface area contributed by atoms with Crippen LogP contribution in [0.5, 0.6) is 11.5 Å². The van der Waals surface area contributed by atoms with Gasteiger partial charge in [0.2, 0.25) is 20.0 Å². The molecule has 0 bridgehead atoms. The molecule has 0 aliphatic heterocycles. The molecule has 5 N–H and O–H groups in total. The van der Waals surface area contributed by atoms with Crippen molar-refractivity contribution in [1.82, 2.24) is 19.4 Å². The fourth-order valence-electron chi connectivity index (χ4n) is 6.38. The van der Waals surface area contributed by atoms with Crippen molar-refractivity contribution in [3.05, 3.63) is 59.3 Å². The number of phenols is 1. The molecule has 16 heteroatoms. The number of aromatic nitrogens is 2. The van der Waals surface area contributed by atoms with Crippen molar-refractivity contribution in [2.24, 2.45) is 11.8 Å². The third kappa shape index (κ3) is 14.1. The summed E-state index contributed by atoms with van der Waals surface area (Å²) in [6.45, 7) is 1.07. The van der Waals surface area contributed by atoms with E-state index in [9.17, 15) is 21.9 Å². The Balaban J connectivity index is 0.000000275. The zero-order valence-electron chi connectivity index (χ0n) is 29.2. The smallest absolute Gasteiger partial charge is 0.208 e. The van der Waals surface area contributed by atoms with Crippen LogP contribution < -0.4 is 24.8 Å². The Morgan fingerprint density at radius 1 is 0.679 bits per heavy atom. The lowest BCUT2D eigenvalue weighted by Crippen LogP contribution is -2.33. The van der Waals surface area contributed by atoms with Gasteiger partial charge in [0.1, 0.15) is 11.5 Å². The fourth-order valence-corrected chi connectivity index (χ4v) is 9.04. The molecule has 2 fully saturated rings. The van der Waals surface area contributed by atoms with Crippen molar-refractivity contribution < 1.29 is 26.7 Å². The molecule has 2 aliphatic rings. The molecule has 2 heterocycles. The Bertz CT molecular complexity index is 1920. The predicted molar refractivity (Wildman–Crippen MR) is 221 cm³/mol. The van der Waals surface area contributed by atoms with Crippen LogP contribution >= 0.6 is 22.7 Å². The summed E-state index contributed by atoms with van der Waals surface area (Å²) in [5.74, 6) is 1.88. The normalized spacial score (nSPS) is 20.1. The number of methoxy groups -OCH3 is 1. The van der Waals surface area contributed by atoms with E-state index in [1.807, 2.05) is 47.2 Å². The molecule has 4 aromatic rings. The van der Waals surface area contributed by atoms with E-state index in [4.69, 9.17) is 9.72 Å². The summed E-state index contributed by atoms with van der Waals surface area (Å²) in [6, 6.07) is 15.8. The quantitative estimate of drug-likeness (QED) is 0.0904. The van der Waals surface area contributed by atoms with Gasteiger partial charge in [0.25, 0.3) is 0 Å². The van der Waals surface area contributed by atoms with Crippen molar-refractivity contribution in [1.29, 1.82) is 0 Å². The summed E-state index contributed by atoms with van der Waals surface area (Å²) >= 11 is 3.14. The second kappa shape index (κ2) is 20.4. The molecule has 0 amide bonds. The highest BCUT2D eigenvalue weighted by molar-refractivity contribution is 7.89. The highest BCUT2D eigenvalue weighted by Crippen LogP contribution is 2.35. The van der Waals surface area contributed by atoms with Gasteiger partial charge in [0.15, 0.2) is 10.3 Å². The number of nitrogens with zero attached hydrogens (tertiary/aromatic N) is 2. The number of ether oxygens (including phenoxy) is 1. The summed E-state index contributed by atoms with van der Waals surface area (Å²) in [5, 5.41) is 22.7. The fraction of sp³-hybridized carbons (Fsp3) is 0.514. The maximum atomic E-state index is 11.2. The van der Waals surface area contributed by atoms with E-state index in [1.165, 1.54) is 23.8 Å². The maximum absolute atomic E-state index is 11.2. The number of aromatic hydroxyl groups is 1. The summed E-state index contributed by atoms with van der Waals surface area (Å²) in [5.41, 5.74) is 3.43. The van der Waals surface area contributed by atoms with Gasteiger partial charge in [-0.05, 0) is 87.5 Å². The van der Waals surface area contributed by atoms with E-state index in [-0.39, 0.29) is 20.6 Å². The molecule has 0 radical (unpaired) electrons. The van der Waals surface area contributed by atoms with E-state index in [1.54, 1.807) is 30.6 Å².